The summed E-state index contributed by atoms with van der Waals surface area (Å²) in [6.07, 6.45) is 4.80. The molecule has 1 spiro atoms. The number of carbonyl (C=O) groups excluding carboxylic acids is 3. The third kappa shape index (κ3) is 7.02. The van der Waals surface area contributed by atoms with E-state index in [2.05, 4.69) is 10.2 Å². The lowest BCUT2D eigenvalue weighted by molar-refractivity contribution is -0.139. The van der Waals surface area contributed by atoms with Gasteiger partial charge in [-0.3, -0.25) is 19.3 Å². The number of hydrogen-bond acceptors (Lipinski definition) is 7. The molecule has 0 radical (unpaired) electrons. The standard InChI is InChI=1S/C43H46ClN5O5/c1-31(10-8-17-39(51)46(24-25-50)28-32-11-4-2-5-12-32)43(54)37-27-34(44)18-19-38(37)47(41(43)53)29-33-13-9-16-36(26-33)48-30-49(35-14-6-3-7-15-35)42(40(48)52)20-22-45-23-21-42/h2-16,18-19,26-27,31,45,50,54H,17,20-25,28-30H2,1H3/b10-8+/t31-,43+/m0/s1. The Morgan fingerprint density at radius 2 is 1.59 bits per heavy atom. The van der Waals surface area contributed by atoms with Crippen molar-refractivity contribution in [1.82, 2.24) is 10.2 Å². The summed E-state index contributed by atoms with van der Waals surface area (Å²) in [5.74, 6) is -1.32. The van der Waals surface area contributed by atoms with Crippen LogP contribution in [0.4, 0.5) is 17.1 Å². The number of piperidine rings is 1. The highest BCUT2D eigenvalue weighted by Crippen LogP contribution is 2.47. The van der Waals surface area contributed by atoms with Gasteiger partial charge in [0.25, 0.3) is 11.8 Å². The van der Waals surface area contributed by atoms with E-state index in [1.165, 1.54) is 0 Å². The highest BCUT2D eigenvalue weighted by atomic mass is 35.5. The third-order valence-corrected chi connectivity index (χ3v) is 11.3. The summed E-state index contributed by atoms with van der Waals surface area (Å²) in [5.41, 5.74) is 1.87. The Labute approximate surface area is 321 Å². The lowest BCUT2D eigenvalue weighted by Gasteiger charge is -2.39. The molecule has 0 unspecified atom stereocenters. The molecule has 3 aliphatic heterocycles. The number of rotatable bonds is 12. The van der Waals surface area contributed by atoms with Crippen molar-refractivity contribution < 1.29 is 24.6 Å². The lowest BCUT2D eigenvalue weighted by atomic mass is 9.83. The number of nitrogens with one attached hydrogen (secondary N) is 1. The van der Waals surface area contributed by atoms with Crippen LogP contribution in [-0.4, -0.2) is 71.3 Å². The molecule has 3 amide bonds. The predicted molar refractivity (Wildman–Crippen MR) is 211 cm³/mol. The summed E-state index contributed by atoms with van der Waals surface area (Å²) < 4.78 is 0. The maximum absolute atomic E-state index is 14.3. The molecule has 2 atom stereocenters. The van der Waals surface area contributed by atoms with Crippen LogP contribution < -0.4 is 20.0 Å². The SMILES string of the molecule is C[C@@H](/C=C/CC(=O)N(CCO)Cc1ccccc1)[C@]1(O)C(=O)N(Cc2cccc(N3CN(c4ccccc4)C4(CCNCC4)C3=O)c2)c2ccc(Cl)cc21. The molecule has 2 saturated heterocycles. The Morgan fingerprint density at radius 1 is 0.907 bits per heavy atom. The number of carbonyl (C=O) groups is 3. The van der Waals surface area contributed by atoms with Crippen LogP contribution in [0, 0.1) is 5.92 Å². The molecule has 0 aliphatic carbocycles. The summed E-state index contributed by atoms with van der Waals surface area (Å²) in [6.45, 7) is 4.22. The quantitative estimate of drug-likeness (QED) is 0.162. The minimum atomic E-state index is -1.94. The van der Waals surface area contributed by atoms with E-state index in [1.54, 1.807) is 47.1 Å². The molecule has 3 N–H and O–H groups in total. The minimum Gasteiger partial charge on any atom is -0.395 e. The number of para-hydroxylation sites is 1. The van der Waals surface area contributed by atoms with Gasteiger partial charge < -0.3 is 30.2 Å². The van der Waals surface area contributed by atoms with E-state index in [0.29, 0.717) is 42.3 Å². The van der Waals surface area contributed by atoms with Crippen molar-refractivity contribution in [1.29, 1.82) is 0 Å². The van der Waals surface area contributed by atoms with Crippen LogP contribution >= 0.6 is 11.6 Å². The normalized spacial score (nSPS) is 19.9. The van der Waals surface area contributed by atoms with Gasteiger partial charge in [-0.15, -0.1) is 0 Å². The molecule has 280 valence electrons. The number of nitrogens with zero attached hydrogens (tertiary/aromatic N) is 4. The van der Waals surface area contributed by atoms with Crippen molar-refractivity contribution in [3.8, 4) is 0 Å². The van der Waals surface area contributed by atoms with Crippen LogP contribution in [0.25, 0.3) is 0 Å². The summed E-state index contributed by atoms with van der Waals surface area (Å²) in [7, 11) is 0. The van der Waals surface area contributed by atoms with Gasteiger partial charge in [0.15, 0.2) is 5.60 Å². The molecule has 4 aromatic carbocycles. The number of amides is 3. The zero-order chi connectivity index (χ0) is 37.9. The van der Waals surface area contributed by atoms with Crippen molar-refractivity contribution >= 4 is 46.4 Å². The monoisotopic (exact) mass is 747 g/mol. The van der Waals surface area contributed by atoms with Gasteiger partial charge in [-0.2, -0.15) is 0 Å². The van der Waals surface area contributed by atoms with Gasteiger partial charge in [0.05, 0.1) is 25.5 Å². The molecule has 0 aromatic heterocycles. The first-order chi connectivity index (χ1) is 26.2. The largest absolute Gasteiger partial charge is 0.395 e. The fraction of sp³-hybridized carbons (Fsp3) is 0.326. The first kappa shape index (κ1) is 37.3. The van der Waals surface area contributed by atoms with Gasteiger partial charge >= 0.3 is 0 Å². The van der Waals surface area contributed by atoms with E-state index in [0.717, 1.165) is 35.6 Å². The first-order valence-electron chi connectivity index (χ1n) is 18.5. The second kappa shape index (κ2) is 15.8. The van der Waals surface area contributed by atoms with Crippen molar-refractivity contribution in [3.05, 3.63) is 137 Å². The van der Waals surface area contributed by atoms with E-state index >= 15 is 0 Å². The Balaban J connectivity index is 1.10. The number of anilines is 3. The minimum absolute atomic E-state index is 0.0368. The van der Waals surface area contributed by atoms with Crippen LogP contribution in [0.15, 0.2) is 115 Å². The molecule has 2 fully saturated rings. The first-order valence-corrected chi connectivity index (χ1v) is 18.9. The third-order valence-electron chi connectivity index (χ3n) is 11.1. The number of aliphatic hydroxyl groups excluding tert-OH is 1. The summed E-state index contributed by atoms with van der Waals surface area (Å²) in [4.78, 5) is 49.1. The molecular formula is C43H46ClN5O5. The van der Waals surface area contributed by atoms with Crippen molar-refractivity contribution in [2.45, 2.75) is 50.4 Å². The second-order valence-electron chi connectivity index (χ2n) is 14.4. The number of halogens is 1. The topological polar surface area (TPSA) is 117 Å². The number of benzene rings is 4. The number of aliphatic hydroxyl groups is 2. The van der Waals surface area contributed by atoms with Crippen LogP contribution in [0.3, 0.4) is 0 Å². The molecule has 10 nitrogen and oxygen atoms in total. The Morgan fingerprint density at radius 3 is 2.31 bits per heavy atom. The average molecular weight is 748 g/mol. The van der Waals surface area contributed by atoms with E-state index in [1.807, 2.05) is 89.8 Å². The van der Waals surface area contributed by atoms with Gasteiger partial charge in [0, 0.05) is 47.4 Å². The fourth-order valence-electron chi connectivity index (χ4n) is 8.11. The van der Waals surface area contributed by atoms with Gasteiger partial charge in [-0.05, 0) is 79.5 Å². The fourth-order valence-corrected chi connectivity index (χ4v) is 8.28. The number of fused-ring (bicyclic) bond motifs is 1. The molecule has 3 heterocycles. The van der Waals surface area contributed by atoms with Crippen LogP contribution in [0.1, 0.15) is 42.9 Å². The highest BCUT2D eigenvalue weighted by Gasteiger charge is 2.54. The molecular weight excluding hydrogens is 702 g/mol. The maximum Gasteiger partial charge on any atom is 0.264 e. The maximum atomic E-state index is 14.3. The molecule has 0 bridgehead atoms. The van der Waals surface area contributed by atoms with E-state index in [-0.39, 0.29) is 37.9 Å². The molecule has 4 aromatic rings. The van der Waals surface area contributed by atoms with Crippen LogP contribution in [0.5, 0.6) is 0 Å². The summed E-state index contributed by atoms with van der Waals surface area (Å²) >= 11 is 6.44. The van der Waals surface area contributed by atoms with Gasteiger partial charge in [-0.25, -0.2) is 0 Å². The predicted octanol–water partition coefficient (Wildman–Crippen LogP) is 5.61. The highest BCUT2D eigenvalue weighted by molar-refractivity contribution is 6.31. The van der Waals surface area contributed by atoms with E-state index in [4.69, 9.17) is 11.6 Å². The van der Waals surface area contributed by atoms with Gasteiger partial charge in [-0.1, -0.05) is 91.3 Å². The molecule has 54 heavy (non-hydrogen) atoms. The van der Waals surface area contributed by atoms with Crippen molar-refractivity contribution in [2.24, 2.45) is 5.92 Å². The van der Waals surface area contributed by atoms with Crippen molar-refractivity contribution in [3.63, 3.8) is 0 Å². The Kier molecular flexibility index (Phi) is 10.9. The smallest absolute Gasteiger partial charge is 0.264 e. The van der Waals surface area contributed by atoms with Crippen molar-refractivity contribution in [2.75, 3.05) is 47.6 Å². The Bertz CT molecular complexity index is 2020. The molecule has 3 aliphatic rings. The van der Waals surface area contributed by atoms with Gasteiger partial charge in [0.1, 0.15) is 5.54 Å². The zero-order valence-electron chi connectivity index (χ0n) is 30.4. The second-order valence-corrected chi connectivity index (χ2v) is 14.8. The van der Waals surface area contributed by atoms with Gasteiger partial charge in [0.2, 0.25) is 5.91 Å². The zero-order valence-corrected chi connectivity index (χ0v) is 31.2. The average Bonchev–Trinajstić information content (AvgIpc) is 3.58. The van der Waals surface area contributed by atoms with Crippen LogP contribution in [-0.2, 0) is 33.1 Å². The Hall–Kier alpha value is -5.00. The number of hydrogen-bond donors (Lipinski definition) is 3. The van der Waals surface area contributed by atoms with Crippen LogP contribution in [0.2, 0.25) is 5.02 Å². The van der Waals surface area contributed by atoms with E-state index < -0.39 is 23.0 Å². The van der Waals surface area contributed by atoms with E-state index in [9.17, 15) is 24.6 Å². The molecule has 11 heteroatoms. The summed E-state index contributed by atoms with van der Waals surface area (Å²) in [6, 6.07) is 32.4. The summed E-state index contributed by atoms with van der Waals surface area (Å²) in [5, 5.41) is 25.6. The molecule has 0 saturated carbocycles. The lowest BCUT2D eigenvalue weighted by Crippen LogP contribution is -2.55. The molecule has 7 rings (SSSR count).